The van der Waals surface area contributed by atoms with Crippen molar-refractivity contribution in [1.82, 2.24) is 4.57 Å². The van der Waals surface area contributed by atoms with Gasteiger partial charge in [0, 0.05) is 24.5 Å². The average molecular weight is 274 g/mol. The van der Waals surface area contributed by atoms with Gasteiger partial charge >= 0.3 is 0 Å². The molecule has 1 heterocycles. The van der Waals surface area contributed by atoms with Crippen LogP contribution < -0.4 is 5.73 Å². The molecule has 2 heteroatoms. The molecule has 2 nitrogen and oxygen atoms in total. The monoisotopic (exact) mass is 274 g/mol. The summed E-state index contributed by atoms with van der Waals surface area (Å²) in [6, 6.07) is 2.57. The van der Waals surface area contributed by atoms with E-state index in [0.29, 0.717) is 5.41 Å². The summed E-state index contributed by atoms with van der Waals surface area (Å²) in [4.78, 5) is 0. The Morgan fingerprint density at radius 1 is 1.30 bits per heavy atom. The molecule has 1 unspecified atom stereocenters. The summed E-state index contributed by atoms with van der Waals surface area (Å²) in [5, 5.41) is 0. The van der Waals surface area contributed by atoms with E-state index < -0.39 is 0 Å². The van der Waals surface area contributed by atoms with Crippen LogP contribution in [-0.2, 0) is 13.0 Å². The Hall–Kier alpha value is -0.760. The number of rotatable bonds is 4. The van der Waals surface area contributed by atoms with E-state index in [1.165, 1.54) is 57.1 Å². The van der Waals surface area contributed by atoms with Gasteiger partial charge in [0.2, 0.25) is 0 Å². The van der Waals surface area contributed by atoms with Crippen LogP contribution in [0.1, 0.15) is 76.1 Å². The molecular weight excluding hydrogens is 244 g/mol. The van der Waals surface area contributed by atoms with Gasteiger partial charge in [-0.2, -0.15) is 0 Å². The van der Waals surface area contributed by atoms with Gasteiger partial charge in [-0.15, -0.1) is 0 Å². The highest BCUT2D eigenvalue weighted by Gasteiger charge is 2.35. The Labute approximate surface area is 123 Å². The van der Waals surface area contributed by atoms with E-state index >= 15 is 0 Å². The summed E-state index contributed by atoms with van der Waals surface area (Å²) in [7, 11) is 0. The summed E-state index contributed by atoms with van der Waals surface area (Å²) in [6.45, 7) is 5.98. The van der Waals surface area contributed by atoms with Gasteiger partial charge in [-0.05, 0) is 61.5 Å². The molecule has 1 atom stereocenters. The molecule has 0 radical (unpaired) electrons. The van der Waals surface area contributed by atoms with Crippen molar-refractivity contribution >= 4 is 0 Å². The molecule has 3 rings (SSSR count). The van der Waals surface area contributed by atoms with Crippen LogP contribution in [0.3, 0.4) is 0 Å². The number of aromatic nitrogens is 1. The van der Waals surface area contributed by atoms with Crippen LogP contribution >= 0.6 is 0 Å². The minimum absolute atomic E-state index is 0.282. The van der Waals surface area contributed by atoms with Gasteiger partial charge in [0.15, 0.2) is 0 Å². The summed E-state index contributed by atoms with van der Waals surface area (Å²) in [5.41, 5.74) is 9.79. The maximum absolute atomic E-state index is 6.27. The fourth-order valence-electron chi connectivity index (χ4n) is 4.72. The lowest BCUT2D eigenvalue weighted by Crippen LogP contribution is -2.27. The lowest BCUT2D eigenvalue weighted by Gasteiger charge is -2.33. The summed E-state index contributed by atoms with van der Waals surface area (Å²) in [6.07, 6.45) is 13.0. The van der Waals surface area contributed by atoms with Crippen molar-refractivity contribution in [1.29, 1.82) is 0 Å². The quantitative estimate of drug-likeness (QED) is 0.865. The van der Waals surface area contributed by atoms with Gasteiger partial charge in [0.05, 0.1) is 0 Å². The van der Waals surface area contributed by atoms with E-state index in [1.807, 2.05) is 0 Å². The Kier molecular flexibility index (Phi) is 3.94. The summed E-state index contributed by atoms with van der Waals surface area (Å²) in [5.74, 6) is 0.807. The first-order valence-corrected chi connectivity index (χ1v) is 8.53. The van der Waals surface area contributed by atoms with Gasteiger partial charge in [0.25, 0.3) is 0 Å². The molecule has 0 bridgehead atoms. The Morgan fingerprint density at radius 2 is 2.05 bits per heavy atom. The van der Waals surface area contributed by atoms with Gasteiger partial charge < -0.3 is 10.3 Å². The second-order valence-electron chi connectivity index (χ2n) is 7.65. The number of hydrogen-bond donors (Lipinski definition) is 1. The maximum Gasteiger partial charge on any atom is 0.0312 e. The number of nitrogens with zero attached hydrogens (tertiary/aromatic N) is 1. The molecular formula is C18H30N2. The highest BCUT2D eigenvalue weighted by molar-refractivity contribution is 5.28. The van der Waals surface area contributed by atoms with Gasteiger partial charge in [-0.1, -0.05) is 26.7 Å². The smallest absolute Gasteiger partial charge is 0.0312 e. The zero-order valence-electron chi connectivity index (χ0n) is 13.2. The highest BCUT2D eigenvalue weighted by atomic mass is 15.0. The van der Waals surface area contributed by atoms with Crippen LogP contribution in [0.25, 0.3) is 0 Å². The van der Waals surface area contributed by atoms with Crippen LogP contribution in [0, 0.1) is 11.3 Å². The number of hydrogen-bond acceptors (Lipinski definition) is 1. The Balaban J connectivity index is 1.82. The maximum atomic E-state index is 6.27. The molecule has 1 fully saturated rings. The molecule has 1 saturated carbocycles. The van der Waals surface area contributed by atoms with E-state index in [2.05, 4.69) is 30.7 Å². The largest absolute Gasteiger partial charge is 0.351 e. The molecule has 0 amide bonds. The number of nitrogens with two attached hydrogens (primary N) is 1. The second-order valence-corrected chi connectivity index (χ2v) is 7.65. The Bertz CT molecular complexity index is 452. The molecule has 0 spiro atoms. The summed E-state index contributed by atoms with van der Waals surface area (Å²) >= 11 is 0. The summed E-state index contributed by atoms with van der Waals surface area (Å²) < 4.78 is 2.56. The SMILES string of the molecule is CC(C)CC1(Cn2ccc3c2CCCC3N)CCCC1. The second kappa shape index (κ2) is 5.55. The van der Waals surface area contributed by atoms with Crippen molar-refractivity contribution in [3.63, 3.8) is 0 Å². The lowest BCUT2D eigenvalue weighted by molar-refractivity contribution is 0.195. The average Bonchev–Trinajstić information content (AvgIpc) is 2.98. The number of fused-ring (bicyclic) bond motifs is 1. The first-order valence-electron chi connectivity index (χ1n) is 8.53. The first-order chi connectivity index (χ1) is 9.60. The third-order valence-electron chi connectivity index (χ3n) is 5.45. The minimum atomic E-state index is 0.282. The zero-order valence-corrected chi connectivity index (χ0v) is 13.2. The molecule has 0 aromatic carbocycles. The highest BCUT2D eigenvalue weighted by Crippen LogP contribution is 2.45. The fourth-order valence-corrected chi connectivity index (χ4v) is 4.72. The van der Waals surface area contributed by atoms with E-state index in [4.69, 9.17) is 5.73 Å². The third-order valence-corrected chi connectivity index (χ3v) is 5.45. The van der Waals surface area contributed by atoms with Crippen LogP contribution in [0.2, 0.25) is 0 Å². The van der Waals surface area contributed by atoms with E-state index in [1.54, 1.807) is 5.69 Å². The van der Waals surface area contributed by atoms with E-state index in [-0.39, 0.29) is 6.04 Å². The molecule has 2 aliphatic carbocycles. The molecule has 20 heavy (non-hydrogen) atoms. The predicted octanol–water partition coefficient (Wildman–Crippen LogP) is 4.43. The zero-order chi connectivity index (χ0) is 14.2. The van der Waals surface area contributed by atoms with Gasteiger partial charge in [-0.25, -0.2) is 0 Å². The predicted molar refractivity (Wildman–Crippen MR) is 84.7 cm³/mol. The van der Waals surface area contributed by atoms with Crippen LogP contribution in [-0.4, -0.2) is 4.57 Å². The lowest BCUT2D eigenvalue weighted by atomic mass is 9.78. The van der Waals surface area contributed by atoms with Crippen molar-refractivity contribution in [2.24, 2.45) is 17.1 Å². The topological polar surface area (TPSA) is 30.9 Å². The fraction of sp³-hybridized carbons (Fsp3) is 0.778. The minimum Gasteiger partial charge on any atom is -0.351 e. The van der Waals surface area contributed by atoms with E-state index in [0.717, 1.165) is 12.3 Å². The van der Waals surface area contributed by atoms with E-state index in [9.17, 15) is 0 Å². The molecule has 0 aliphatic heterocycles. The molecule has 1 aromatic heterocycles. The van der Waals surface area contributed by atoms with Crippen molar-refractivity contribution < 1.29 is 0 Å². The van der Waals surface area contributed by atoms with Crippen LogP contribution in [0.4, 0.5) is 0 Å². The van der Waals surface area contributed by atoms with Crippen molar-refractivity contribution in [3.05, 3.63) is 23.5 Å². The third kappa shape index (κ3) is 2.67. The van der Waals surface area contributed by atoms with Gasteiger partial charge in [-0.3, -0.25) is 0 Å². The van der Waals surface area contributed by atoms with Crippen molar-refractivity contribution in [3.8, 4) is 0 Å². The molecule has 1 aromatic rings. The van der Waals surface area contributed by atoms with Crippen LogP contribution in [0.5, 0.6) is 0 Å². The Morgan fingerprint density at radius 3 is 2.75 bits per heavy atom. The molecule has 0 saturated heterocycles. The normalized spacial score (nSPS) is 25.1. The standard InChI is InChI=1S/C18H30N2/c1-14(2)12-18(9-3-4-10-18)13-20-11-8-15-16(19)6-5-7-17(15)20/h8,11,14,16H,3-7,9-10,12-13,19H2,1-2H3. The van der Waals surface area contributed by atoms with Crippen molar-refractivity contribution in [2.75, 3.05) is 0 Å². The van der Waals surface area contributed by atoms with Crippen molar-refractivity contribution in [2.45, 2.75) is 77.8 Å². The van der Waals surface area contributed by atoms with Gasteiger partial charge in [0.1, 0.15) is 0 Å². The molecule has 112 valence electrons. The molecule has 2 N–H and O–H groups in total. The first kappa shape index (κ1) is 14.2. The van der Waals surface area contributed by atoms with Crippen LogP contribution in [0.15, 0.2) is 12.3 Å². The molecule has 2 aliphatic rings.